The number of carbonyl (C=O) groups excluding carboxylic acids is 2. The van der Waals surface area contributed by atoms with Crippen molar-refractivity contribution >= 4 is 11.8 Å². The Bertz CT molecular complexity index is 227. The molecule has 0 aliphatic rings. The molecule has 0 saturated carbocycles. The van der Waals surface area contributed by atoms with Gasteiger partial charge in [0.15, 0.2) is 0 Å². The summed E-state index contributed by atoms with van der Waals surface area (Å²) in [4.78, 5) is 21.7. The number of carbonyl (C=O) groups is 2. The fraction of sp³-hybridized carbons (Fsp3) is 0.867. The SMILES string of the molecule is CCCCCCCCCCCCC(=O)[N]C(C)=O. The molecule has 0 unspecified atom stereocenters. The molecular formula is C15H28NO2. The maximum absolute atomic E-state index is 11.1. The lowest BCUT2D eigenvalue weighted by molar-refractivity contribution is -0.129. The van der Waals surface area contributed by atoms with Crippen molar-refractivity contribution in [3.63, 3.8) is 0 Å². The second-order valence-corrected chi connectivity index (χ2v) is 4.96. The minimum atomic E-state index is -0.382. The molecule has 2 amide bonds. The molecule has 0 saturated heterocycles. The zero-order valence-corrected chi connectivity index (χ0v) is 12.0. The molecule has 0 aromatic heterocycles. The van der Waals surface area contributed by atoms with E-state index in [0.29, 0.717) is 6.42 Å². The van der Waals surface area contributed by atoms with Gasteiger partial charge in [0.05, 0.1) is 0 Å². The van der Waals surface area contributed by atoms with Gasteiger partial charge < -0.3 is 0 Å². The van der Waals surface area contributed by atoms with E-state index >= 15 is 0 Å². The Hall–Kier alpha value is -0.860. The van der Waals surface area contributed by atoms with E-state index in [4.69, 9.17) is 0 Å². The van der Waals surface area contributed by atoms with E-state index in [1.165, 1.54) is 58.3 Å². The van der Waals surface area contributed by atoms with Gasteiger partial charge in [-0.1, -0.05) is 64.7 Å². The minimum absolute atomic E-state index is 0.262. The molecule has 0 spiro atoms. The lowest BCUT2D eigenvalue weighted by Crippen LogP contribution is -2.19. The van der Waals surface area contributed by atoms with E-state index in [-0.39, 0.29) is 11.8 Å². The maximum Gasteiger partial charge on any atom is 0.248 e. The summed E-state index contributed by atoms with van der Waals surface area (Å²) in [6.45, 7) is 3.55. The maximum atomic E-state index is 11.1. The summed E-state index contributed by atoms with van der Waals surface area (Å²) in [5.74, 6) is -0.644. The van der Waals surface area contributed by atoms with Crippen LogP contribution >= 0.6 is 0 Å². The molecule has 3 nitrogen and oxygen atoms in total. The van der Waals surface area contributed by atoms with E-state index in [0.717, 1.165) is 12.8 Å². The van der Waals surface area contributed by atoms with Crippen molar-refractivity contribution in [1.29, 1.82) is 0 Å². The summed E-state index contributed by atoms with van der Waals surface area (Å²) in [5.41, 5.74) is 0. The highest BCUT2D eigenvalue weighted by Gasteiger charge is 2.04. The second-order valence-electron chi connectivity index (χ2n) is 4.96. The zero-order chi connectivity index (χ0) is 13.6. The number of imide groups is 1. The van der Waals surface area contributed by atoms with Crippen LogP contribution in [0.15, 0.2) is 0 Å². The molecule has 0 fully saturated rings. The zero-order valence-electron chi connectivity index (χ0n) is 12.0. The molecule has 0 N–H and O–H groups in total. The van der Waals surface area contributed by atoms with Crippen LogP contribution in [-0.4, -0.2) is 11.8 Å². The fourth-order valence-electron chi connectivity index (χ4n) is 2.00. The van der Waals surface area contributed by atoms with Crippen molar-refractivity contribution in [2.45, 2.75) is 84.5 Å². The van der Waals surface area contributed by atoms with E-state index in [9.17, 15) is 9.59 Å². The molecule has 3 heteroatoms. The van der Waals surface area contributed by atoms with E-state index in [1.807, 2.05) is 0 Å². The molecule has 0 aromatic carbocycles. The van der Waals surface area contributed by atoms with E-state index in [2.05, 4.69) is 12.2 Å². The van der Waals surface area contributed by atoms with Crippen molar-refractivity contribution in [2.75, 3.05) is 0 Å². The van der Waals surface area contributed by atoms with Crippen molar-refractivity contribution in [3.05, 3.63) is 0 Å². The van der Waals surface area contributed by atoms with Crippen molar-refractivity contribution in [1.82, 2.24) is 5.32 Å². The first-order chi connectivity index (χ1) is 8.66. The Morgan fingerprint density at radius 1 is 0.778 bits per heavy atom. The standard InChI is InChI=1S/C15H28NO2/c1-3-4-5-6-7-8-9-10-11-12-13-15(18)16-14(2)17/h3-13H2,1-2H3. The summed E-state index contributed by atoms with van der Waals surface area (Å²) in [7, 11) is 0. The molecule has 0 atom stereocenters. The third-order valence-electron chi connectivity index (χ3n) is 3.03. The van der Waals surface area contributed by atoms with Crippen molar-refractivity contribution in [2.24, 2.45) is 0 Å². The summed E-state index contributed by atoms with van der Waals surface area (Å²) in [6.07, 6.45) is 12.9. The van der Waals surface area contributed by atoms with Gasteiger partial charge in [0.25, 0.3) is 0 Å². The first kappa shape index (κ1) is 17.1. The van der Waals surface area contributed by atoms with Gasteiger partial charge in [-0.05, 0) is 6.42 Å². The van der Waals surface area contributed by atoms with Crippen LogP contribution in [0.2, 0.25) is 0 Å². The molecule has 0 heterocycles. The molecule has 18 heavy (non-hydrogen) atoms. The van der Waals surface area contributed by atoms with Gasteiger partial charge in [-0.15, -0.1) is 0 Å². The van der Waals surface area contributed by atoms with E-state index in [1.54, 1.807) is 0 Å². The van der Waals surface area contributed by atoms with Crippen LogP contribution < -0.4 is 5.32 Å². The van der Waals surface area contributed by atoms with Crippen LogP contribution in [0.1, 0.15) is 84.5 Å². The summed E-state index contributed by atoms with van der Waals surface area (Å²) in [6, 6.07) is 0. The first-order valence-corrected chi connectivity index (χ1v) is 7.42. The molecule has 0 aliphatic carbocycles. The van der Waals surface area contributed by atoms with Crippen LogP contribution in [0.25, 0.3) is 0 Å². The average Bonchev–Trinajstić information content (AvgIpc) is 2.30. The van der Waals surface area contributed by atoms with Crippen molar-refractivity contribution < 1.29 is 9.59 Å². The largest absolute Gasteiger partial charge is 0.273 e. The van der Waals surface area contributed by atoms with Crippen LogP contribution in [0.4, 0.5) is 0 Å². The first-order valence-electron chi connectivity index (χ1n) is 7.42. The number of hydrogen-bond donors (Lipinski definition) is 0. The number of hydrogen-bond acceptors (Lipinski definition) is 2. The van der Waals surface area contributed by atoms with Gasteiger partial charge in [-0.2, -0.15) is 5.32 Å². The lowest BCUT2D eigenvalue weighted by atomic mass is 10.1. The molecule has 0 aromatic rings. The van der Waals surface area contributed by atoms with Gasteiger partial charge >= 0.3 is 0 Å². The quantitative estimate of drug-likeness (QED) is 0.524. The number of rotatable bonds is 11. The van der Waals surface area contributed by atoms with Gasteiger partial charge in [0, 0.05) is 13.3 Å². The van der Waals surface area contributed by atoms with Crippen LogP contribution in [0.5, 0.6) is 0 Å². The van der Waals surface area contributed by atoms with Crippen LogP contribution in [-0.2, 0) is 9.59 Å². The number of nitrogens with zero attached hydrogens (tertiary/aromatic N) is 1. The van der Waals surface area contributed by atoms with Crippen LogP contribution in [0, 0.1) is 0 Å². The summed E-state index contributed by atoms with van der Waals surface area (Å²) >= 11 is 0. The van der Waals surface area contributed by atoms with Crippen LogP contribution in [0.3, 0.4) is 0 Å². The topological polar surface area (TPSA) is 48.2 Å². The Kier molecular flexibility index (Phi) is 12.0. The Morgan fingerprint density at radius 2 is 1.22 bits per heavy atom. The molecule has 0 rings (SSSR count). The summed E-state index contributed by atoms with van der Waals surface area (Å²) < 4.78 is 0. The highest BCUT2D eigenvalue weighted by Crippen LogP contribution is 2.11. The Balaban J connectivity index is 3.11. The van der Waals surface area contributed by atoms with E-state index < -0.39 is 0 Å². The van der Waals surface area contributed by atoms with Gasteiger partial charge in [0.1, 0.15) is 0 Å². The van der Waals surface area contributed by atoms with Gasteiger partial charge in [-0.3, -0.25) is 9.59 Å². The molecular weight excluding hydrogens is 226 g/mol. The summed E-state index contributed by atoms with van der Waals surface area (Å²) in [5, 5.41) is 3.38. The number of unbranched alkanes of at least 4 members (excludes halogenated alkanes) is 9. The predicted octanol–water partition coefficient (Wildman–Crippen LogP) is 3.97. The Labute approximate surface area is 112 Å². The molecule has 0 aliphatic heterocycles. The highest BCUT2D eigenvalue weighted by atomic mass is 16.2. The minimum Gasteiger partial charge on any atom is -0.273 e. The van der Waals surface area contributed by atoms with Gasteiger partial charge in [-0.25, -0.2) is 0 Å². The smallest absolute Gasteiger partial charge is 0.248 e. The Morgan fingerprint density at radius 3 is 1.67 bits per heavy atom. The predicted molar refractivity (Wildman–Crippen MR) is 74.3 cm³/mol. The lowest BCUT2D eigenvalue weighted by Gasteiger charge is -2.01. The molecule has 1 radical (unpaired) electrons. The normalized spacial score (nSPS) is 10.3. The highest BCUT2D eigenvalue weighted by molar-refractivity contribution is 5.93. The van der Waals surface area contributed by atoms with Gasteiger partial charge in [0.2, 0.25) is 11.8 Å². The molecule has 105 valence electrons. The number of amides is 2. The average molecular weight is 254 g/mol. The third-order valence-corrected chi connectivity index (χ3v) is 3.03. The fourth-order valence-corrected chi connectivity index (χ4v) is 2.00. The third kappa shape index (κ3) is 13.2. The monoisotopic (exact) mass is 254 g/mol. The molecule has 0 bridgehead atoms. The van der Waals surface area contributed by atoms with Crippen molar-refractivity contribution in [3.8, 4) is 0 Å². The second kappa shape index (κ2) is 12.6.